The number of nitrogens with one attached hydrogen (secondary N) is 17. The molecule has 0 aliphatic heterocycles. The maximum absolute atomic E-state index is 15.0. The fraction of sp³-hybridized carbons (Fsp3) is 0.582. The summed E-state index contributed by atoms with van der Waals surface area (Å²) in [5.74, 6) is -18.5. The predicted molar refractivity (Wildman–Crippen MR) is 450 cm³/mol. The van der Waals surface area contributed by atoms with Crippen molar-refractivity contribution in [3.05, 3.63) is 90.0 Å². The van der Waals surface area contributed by atoms with Crippen molar-refractivity contribution < 1.29 is 91.7 Å². The minimum absolute atomic E-state index is 0.0349. The maximum Gasteiger partial charge on any atom is 0.325 e. The number of rotatable bonds is 56. The van der Waals surface area contributed by atoms with E-state index in [1.165, 1.54) is 52.0 Å². The van der Waals surface area contributed by atoms with Crippen molar-refractivity contribution in [3.63, 3.8) is 0 Å². The molecule has 122 heavy (non-hydrogen) atoms. The Balaban J connectivity index is 1.97. The number of thioether (sulfide) groups is 1. The zero-order valence-electron chi connectivity index (χ0n) is 70.8. The zero-order chi connectivity index (χ0) is 91.6. The normalized spacial score (nSPS) is 15.3. The lowest BCUT2D eigenvalue weighted by Crippen LogP contribution is -2.62. The van der Waals surface area contributed by atoms with Gasteiger partial charge in [0.15, 0.2) is 5.96 Å². The van der Waals surface area contributed by atoms with Crippen molar-refractivity contribution in [2.24, 2.45) is 46.4 Å². The van der Waals surface area contributed by atoms with E-state index in [1.54, 1.807) is 108 Å². The minimum atomic E-state index is -1.87. The lowest BCUT2D eigenvalue weighted by atomic mass is 9.96. The molecule has 42 nitrogen and oxygen atoms in total. The van der Waals surface area contributed by atoms with Crippen LogP contribution in [0.1, 0.15) is 150 Å². The molecule has 0 spiro atoms. The van der Waals surface area contributed by atoms with E-state index in [-0.39, 0.29) is 94.7 Å². The van der Waals surface area contributed by atoms with Crippen LogP contribution in [0.25, 0.3) is 0 Å². The molecule has 1 aromatic heterocycles. The standard InChI is InChI=1S/C79H125N23O19S/c1-12-42(6)63(77(119)99-56(36-49-38-86-39-88-49)71(113)97-57(37-59(82)105)72(114)96-54(34-47-22-15-13-16-23-47)70(112)93-50(26-19-20-31-80)68(110)92-51(27-21-32-87-79(84)85)66(108)91-45(9)78(120)121)102-73(115)55(35-48-24-17-14-18-25-48)98-76(118)62(41(4)5)101-64(106)43(7)89-67(109)53(30-33-122-11)94-69(111)52(28-29-58(81)104)95-75(117)61(40(2)3)100-65(107)44(8)90-74(116)60(83)46(10)103/h13-18,22-25,38-46,50-57,60-63,103H,12,19-21,26-37,80,83H2,1-11H3,(H2,81,104)(H2,82,105)(H,86,88)(H,89,109)(H,90,116)(H,91,108)(H,92,110)(H,93,112)(H,94,111)(H,95,117)(H,96,114)(H,97,113)(H,98,118)(H,99,119)(H,100,107)(H,101,106)(H,102,115)(H,120,121)(H4,84,85,87)/t42-,43-,44-,45-,46+,50-,51-,52-,53-,54-,55-,56-,57-,60-,61-,62-,63-/m0/s1. The van der Waals surface area contributed by atoms with Crippen molar-refractivity contribution in [1.29, 1.82) is 5.41 Å². The van der Waals surface area contributed by atoms with Gasteiger partial charge in [0.1, 0.15) is 90.6 Å². The lowest BCUT2D eigenvalue weighted by Gasteiger charge is -2.30. The van der Waals surface area contributed by atoms with Gasteiger partial charge in [-0.05, 0) is 120 Å². The van der Waals surface area contributed by atoms with Gasteiger partial charge in [-0.25, -0.2) is 4.98 Å². The number of aliphatic hydroxyl groups is 1. The van der Waals surface area contributed by atoms with Gasteiger partial charge in [0.2, 0.25) is 94.5 Å². The summed E-state index contributed by atoms with van der Waals surface area (Å²) in [6.07, 6.45) is 1.44. The summed E-state index contributed by atoms with van der Waals surface area (Å²) in [6.45, 7) is 15.1. The number of guanidine groups is 1. The van der Waals surface area contributed by atoms with E-state index < -0.39 is 228 Å². The number of H-pyrrole nitrogens is 1. The maximum atomic E-state index is 15.0. The number of carbonyl (C=O) groups excluding carboxylic acids is 16. The number of aromatic nitrogens is 2. The van der Waals surface area contributed by atoms with Crippen LogP contribution in [-0.2, 0) is 101 Å². The summed E-state index contributed by atoms with van der Waals surface area (Å²) in [7, 11) is 0. The molecule has 3 aromatic rings. The van der Waals surface area contributed by atoms with Crippen LogP contribution in [0.5, 0.6) is 0 Å². The van der Waals surface area contributed by atoms with E-state index in [1.807, 2.05) is 0 Å². The van der Waals surface area contributed by atoms with Gasteiger partial charge in [-0.1, -0.05) is 109 Å². The molecule has 0 saturated carbocycles. The Kier molecular flexibility index (Phi) is 45.9. The summed E-state index contributed by atoms with van der Waals surface area (Å²) in [6, 6.07) is -5.32. The predicted octanol–water partition coefficient (Wildman–Crippen LogP) is -5.28. The molecular formula is C79H125N23O19S. The van der Waals surface area contributed by atoms with Gasteiger partial charge < -0.3 is 124 Å². The number of aliphatic hydroxyl groups excluding tert-OH is 1. The Bertz CT molecular complexity index is 4000. The first-order chi connectivity index (χ1) is 57.5. The number of carboxylic acids is 1. The smallest absolute Gasteiger partial charge is 0.325 e. The SMILES string of the molecule is CC[C@H](C)[C@H](NC(=O)[C@H](Cc1ccccc1)NC(=O)[C@@H](NC(=O)[C@H](C)NC(=O)[C@H](CCSC)NC(=O)[C@H](CCC(N)=O)NC(=O)[C@@H](NC(=O)[C@H](C)NC(=O)[C@@H](N)[C@@H](C)O)C(C)C)C(C)C)C(=O)N[C@@H](Cc1cnc[nH]1)C(=O)N[C@@H](CC(N)=O)C(=O)N[C@@H](Cc1ccccc1)C(=O)N[C@@H](CCCCN)C(=O)N[C@@H](CCCNC(=N)N)C(=O)N[C@@H](C)C(=O)O. The van der Waals surface area contributed by atoms with E-state index >= 15 is 0 Å². The second kappa shape index (κ2) is 53.7. The fourth-order valence-corrected chi connectivity index (χ4v) is 12.5. The molecule has 0 radical (unpaired) electrons. The molecule has 0 aliphatic rings. The second-order valence-corrected chi connectivity index (χ2v) is 31.5. The van der Waals surface area contributed by atoms with Gasteiger partial charge in [-0.3, -0.25) is 86.9 Å². The number of hydrogen-bond donors (Lipinski definition) is 24. The Morgan fingerprint density at radius 2 is 0.836 bits per heavy atom. The summed E-state index contributed by atoms with van der Waals surface area (Å²) in [5.41, 5.74) is 29.4. The Hall–Kier alpha value is -11.9. The molecule has 0 aliphatic carbocycles. The monoisotopic (exact) mass is 1730 g/mol. The molecule has 16 amide bonds. The number of nitrogens with two attached hydrogens (primary N) is 5. The number of carboxylic acid groups (broad SMARTS) is 1. The number of imidazole rings is 1. The average molecular weight is 1730 g/mol. The number of nitrogens with zero attached hydrogens (tertiary/aromatic N) is 1. The van der Waals surface area contributed by atoms with Crippen LogP contribution < -0.4 is 108 Å². The molecule has 676 valence electrons. The van der Waals surface area contributed by atoms with E-state index in [9.17, 15) is 91.7 Å². The zero-order valence-corrected chi connectivity index (χ0v) is 71.6. The number of aromatic amines is 1. The Morgan fingerprint density at radius 1 is 0.451 bits per heavy atom. The van der Waals surface area contributed by atoms with Crippen LogP contribution >= 0.6 is 11.8 Å². The topological polar surface area (TPSA) is 694 Å². The molecular weight excluding hydrogens is 1610 g/mol. The molecule has 43 heteroatoms. The van der Waals surface area contributed by atoms with Crippen molar-refractivity contribution >= 4 is 118 Å². The molecule has 17 atom stereocenters. The first kappa shape index (κ1) is 104. The molecule has 0 saturated heterocycles. The number of aliphatic carboxylic acids is 1. The van der Waals surface area contributed by atoms with Crippen LogP contribution in [0.2, 0.25) is 0 Å². The van der Waals surface area contributed by atoms with Gasteiger partial charge in [0.25, 0.3) is 0 Å². The van der Waals surface area contributed by atoms with E-state index in [0.717, 1.165) is 0 Å². The van der Waals surface area contributed by atoms with Crippen molar-refractivity contribution in [3.8, 4) is 0 Å². The molecule has 1 heterocycles. The highest BCUT2D eigenvalue weighted by molar-refractivity contribution is 7.98. The fourth-order valence-electron chi connectivity index (χ4n) is 12.1. The van der Waals surface area contributed by atoms with Crippen LogP contribution in [0.4, 0.5) is 0 Å². The number of hydrogen-bond acceptors (Lipinski definition) is 23. The van der Waals surface area contributed by atoms with Crippen LogP contribution in [0.3, 0.4) is 0 Å². The Morgan fingerprint density at radius 3 is 1.26 bits per heavy atom. The Labute approximate surface area is 712 Å². The third-order valence-electron chi connectivity index (χ3n) is 19.6. The first-order valence-corrected chi connectivity index (χ1v) is 41.7. The molecule has 0 fully saturated rings. The van der Waals surface area contributed by atoms with Gasteiger partial charge in [-0.15, -0.1) is 0 Å². The van der Waals surface area contributed by atoms with Gasteiger partial charge in [0.05, 0.1) is 18.9 Å². The number of benzene rings is 2. The average Bonchev–Trinajstić information content (AvgIpc) is 0.943. The third-order valence-corrected chi connectivity index (χ3v) is 20.2. The molecule has 3 rings (SSSR count). The molecule has 0 bridgehead atoms. The van der Waals surface area contributed by atoms with Crippen LogP contribution in [0, 0.1) is 23.2 Å². The summed E-state index contributed by atoms with van der Waals surface area (Å²) < 4.78 is 0. The number of primary amides is 2. The van der Waals surface area contributed by atoms with Gasteiger partial charge in [-0.2, -0.15) is 11.8 Å². The van der Waals surface area contributed by atoms with E-state index in [0.29, 0.717) is 17.5 Å². The lowest BCUT2D eigenvalue weighted by molar-refractivity contribution is -0.142. The van der Waals surface area contributed by atoms with Crippen molar-refractivity contribution in [2.75, 3.05) is 25.1 Å². The summed E-state index contributed by atoms with van der Waals surface area (Å²) >= 11 is 1.30. The highest BCUT2D eigenvalue weighted by atomic mass is 32.2. The van der Waals surface area contributed by atoms with Crippen LogP contribution in [-0.4, -0.2) is 248 Å². The first-order valence-electron chi connectivity index (χ1n) is 40.3. The molecule has 0 unspecified atom stereocenters. The van der Waals surface area contributed by atoms with Gasteiger partial charge in [0, 0.05) is 44.1 Å². The third kappa shape index (κ3) is 37.4. The van der Waals surface area contributed by atoms with Crippen molar-refractivity contribution in [2.45, 2.75) is 249 Å². The van der Waals surface area contributed by atoms with E-state index in [2.05, 4.69) is 89.7 Å². The number of amides is 16. The van der Waals surface area contributed by atoms with Gasteiger partial charge >= 0.3 is 5.97 Å². The molecule has 2 aromatic carbocycles. The highest BCUT2D eigenvalue weighted by Gasteiger charge is 2.40. The minimum Gasteiger partial charge on any atom is -0.480 e. The molecule has 29 N–H and O–H groups in total. The summed E-state index contributed by atoms with van der Waals surface area (Å²) in [4.78, 5) is 242. The van der Waals surface area contributed by atoms with E-state index in [4.69, 9.17) is 34.1 Å². The largest absolute Gasteiger partial charge is 0.480 e. The summed E-state index contributed by atoms with van der Waals surface area (Å²) in [5, 5.41) is 65.3. The second-order valence-electron chi connectivity index (χ2n) is 30.5. The van der Waals surface area contributed by atoms with Crippen molar-refractivity contribution in [1.82, 2.24) is 89.7 Å². The number of unbranched alkanes of at least 4 members (excludes halogenated alkanes) is 1. The quantitative estimate of drug-likeness (QED) is 0.0143. The number of carbonyl (C=O) groups is 17. The highest BCUT2D eigenvalue weighted by Crippen LogP contribution is 2.17. The van der Waals surface area contributed by atoms with Crippen LogP contribution in [0.15, 0.2) is 73.2 Å².